The molecule has 112 valence electrons. The third kappa shape index (κ3) is 3.23. The number of furan rings is 1. The van der Waals surface area contributed by atoms with Crippen LogP contribution in [0, 0.1) is 26.2 Å². The highest BCUT2D eigenvalue weighted by atomic mass is 32.2. The van der Waals surface area contributed by atoms with Crippen LogP contribution in [0.1, 0.15) is 30.4 Å². The van der Waals surface area contributed by atoms with Crippen LogP contribution in [0.25, 0.3) is 0 Å². The molecule has 1 N–H and O–H groups in total. The summed E-state index contributed by atoms with van der Waals surface area (Å²) in [5, 5.41) is 2.97. The predicted octanol–water partition coefficient (Wildman–Crippen LogP) is 1.65. The van der Waals surface area contributed by atoms with E-state index in [2.05, 4.69) is 11.2 Å². The monoisotopic (exact) mass is 298 g/mol. The smallest absolute Gasteiger partial charge is 0.247 e. The maximum Gasteiger partial charge on any atom is 0.247 e. The molecule has 20 heavy (non-hydrogen) atoms. The number of sulfonamides is 1. The minimum atomic E-state index is -3.63. The predicted molar refractivity (Wildman–Crippen MR) is 78.8 cm³/mol. The van der Waals surface area contributed by atoms with Crippen molar-refractivity contribution in [2.45, 2.75) is 38.6 Å². The van der Waals surface area contributed by atoms with Gasteiger partial charge in [-0.2, -0.15) is 4.31 Å². The Labute approximate surface area is 121 Å². The summed E-state index contributed by atoms with van der Waals surface area (Å²) < 4.78 is 32.4. The Hall–Kier alpha value is -1.29. The molecule has 0 bridgehead atoms. The maximum atomic E-state index is 12.8. The molecule has 0 aliphatic carbocycles. The highest BCUT2D eigenvalue weighted by Crippen LogP contribution is 2.29. The van der Waals surface area contributed by atoms with E-state index in [4.69, 9.17) is 10.8 Å². The molecular formula is C14H22N2O3S. The van der Waals surface area contributed by atoms with Gasteiger partial charge in [-0.3, -0.25) is 0 Å². The highest BCUT2D eigenvalue weighted by Gasteiger charge is 2.31. The van der Waals surface area contributed by atoms with Gasteiger partial charge in [0.1, 0.15) is 16.4 Å². The largest absolute Gasteiger partial charge is 0.465 e. The van der Waals surface area contributed by atoms with Gasteiger partial charge in [0.15, 0.2) is 0 Å². The van der Waals surface area contributed by atoms with Crippen molar-refractivity contribution in [3.05, 3.63) is 17.1 Å². The quantitative estimate of drug-likeness (QED) is 0.778. The van der Waals surface area contributed by atoms with Crippen molar-refractivity contribution < 1.29 is 12.8 Å². The van der Waals surface area contributed by atoms with Crippen molar-refractivity contribution >= 4 is 10.0 Å². The second kappa shape index (κ2) is 6.93. The molecule has 0 radical (unpaired) electrons. The van der Waals surface area contributed by atoms with Crippen LogP contribution in [0.15, 0.2) is 9.31 Å². The summed E-state index contributed by atoms with van der Waals surface area (Å²) in [5.74, 6) is 3.43. The molecule has 0 aromatic carbocycles. The van der Waals surface area contributed by atoms with Crippen molar-refractivity contribution in [2.75, 3.05) is 20.1 Å². The normalized spacial score (nSPS) is 11.8. The number of hydrogen-bond donors (Lipinski definition) is 1. The van der Waals surface area contributed by atoms with E-state index in [1.807, 2.05) is 6.92 Å². The minimum Gasteiger partial charge on any atom is -0.465 e. The molecular weight excluding hydrogens is 276 g/mol. The van der Waals surface area contributed by atoms with Crippen molar-refractivity contribution in [1.29, 1.82) is 0 Å². The van der Waals surface area contributed by atoms with Crippen LogP contribution in [0.3, 0.4) is 0 Å². The van der Waals surface area contributed by atoms with Gasteiger partial charge in [0.05, 0.1) is 6.54 Å². The zero-order valence-electron chi connectivity index (χ0n) is 12.5. The molecule has 6 heteroatoms. The molecule has 0 saturated heterocycles. The Morgan fingerprint density at radius 3 is 2.50 bits per heavy atom. The van der Waals surface area contributed by atoms with E-state index in [0.29, 0.717) is 36.6 Å². The Morgan fingerprint density at radius 2 is 2.00 bits per heavy atom. The lowest BCUT2D eigenvalue weighted by Gasteiger charge is -2.19. The lowest BCUT2D eigenvalue weighted by atomic mass is 10.2. The Kier molecular flexibility index (Phi) is 5.81. The Morgan fingerprint density at radius 1 is 1.35 bits per heavy atom. The topological polar surface area (TPSA) is 62.6 Å². The van der Waals surface area contributed by atoms with Gasteiger partial charge >= 0.3 is 0 Å². The maximum absolute atomic E-state index is 12.8. The molecule has 0 atom stereocenters. The first kappa shape index (κ1) is 16.8. The van der Waals surface area contributed by atoms with Crippen molar-refractivity contribution in [3.8, 4) is 12.3 Å². The third-order valence-electron chi connectivity index (χ3n) is 3.02. The molecule has 1 aromatic heterocycles. The fraction of sp³-hybridized carbons (Fsp3) is 0.571. The first-order valence-electron chi connectivity index (χ1n) is 6.57. The molecule has 1 heterocycles. The summed E-state index contributed by atoms with van der Waals surface area (Å²) in [6, 6.07) is 0. The van der Waals surface area contributed by atoms with E-state index in [1.165, 1.54) is 4.31 Å². The highest BCUT2D eigenvalue weighted by molar-refractivity contribution is 7.89. The summed E-state index contributed by atoms with van der Waals surface area (Å²) in [6.07, 6.45) is 5.99. The number of nitrogens with zero attached hydrogens (tertiary/aromatic N) is 1. The van der Waals surface area contributed by atoms with Crippen LogP contribution >= 0.6 is 0 Å². The lowest BCUT2D eigenvalue weighted by molar-refractivity contribution is 0.441. The van der Waals surface area contributed by atoms with E-state index in [-0.39, 0.29) is 11.4 Å². The van der Waals surface area contributed by atoms with Crippen molar-refractivity contribution in [2.24, 2.45) is 0 Å². The van der Waals surface area contributed by atoms with E-state index < -0.39 is 10.0 Å². The van der Waals surface area contributed by atoms with Crippen LogP contribution < -0.4 is 5.32 Å². The molecule has 0 saturated carbocycles. The van der Waals surface area contributed by atoms with Crippen LogP contribution in [0.2, 0.25) is 0 Å². The summed E-state index contributed by atoms with van der Waals surface area (Å²) in [6.45, 7) is 6.26. The Bertz CT molecular complexity index is 597. The summed E-state index contributed by atoms with van der Waals surface area (Å²) in [5.41, 5.74) is 0.670. The summed E-state index contributed by atoms with van der Waals surface area (Å²) in [4.78, 5) is 0.244. The second-order valence-corrected chi connectivity index (χ2v) is 6.47. The van der Waals surface area contributed by atoms with E-state index in [1.54, 1.807) is 20.9 Å². The van der Waals surface area contributed by atoms with E-state index in [9.17, 15) is 8.42 Å². The van der Waals surface area contributed by atoms with Gasteiger partial charge in [-0.25, -0.2) is 8.42 Å². The number of aryl methyl sites for hydroxylation is 2. The molecule has 0 amide bonds. The molecule has 0 aliphatic rings. The van der Waals surface area contributed by atoms with Crippen LogP contribution in [0.5, 0.6) is 0 Å². The first-order chi connectivity index (χ1) is 9.39. The summed E-state index contributed by atoms with van der Waals surface area (Å²) in [7, 11) is -1.86. The minimum absolute atomic E-state index is 0.0683. The average molecular weight is 298 g/mol. The standard InChI is InChI=1S/C14H22N2O3S/c1-6-8-16(9-7-2)20(17,18)14-12(4)19-11(3)13(14)10-15-5/h1,15H,7-10H2,2-5H3. The number of rotatable bonds is 7. The molecule has 5 nitrogen and oxygen atoms in total. The number of nitrogens with one attached hydrogen (secondary N) is 1. The average Bonchev–Trinajstić information content (AvgIpc) is 2.65. The SMILES string of the molecule is C#CCN(CCC)S(=O)(=O)c1c(C)oc(C)c1CNC. The van der Waals surface area contributed by atoms with Crippen LogP contribution in [-0.2, 0) is 16.6 Å². The van der Waals surface area contributed by atoms with Gasteiger partial charge < -0.3 is 9.73 Å². The van der Waals surface area contributed by atoms with Crippen molar-refractivity contribution in [3.63, 3.8) is 0 Å². The van der Waals surface area contributed by atoms with E-state index >= 15 is 0 Å². The van der Waals surface area contributed by atoms with E-state index in [0.717, 1.165) is 0 Å². The fourth-order valence-corrected chi connectivity index (χ4v) is 4.05. The fourth-order valence-electron chi connectivity index (χ4n) is 2.19. The zero-order valence-corrected chi connectivity index (χ0v) is 13.3. The summed E-state index contributed by atoms with van der Waals surface area (Å²) >= 11 is 0. The van der Waals surface area contributed by atoms with Gasteiger partial charge in [0.25, 0.3) is 0 Å². The molecule has 1 aromatic rings. The van der Waals surface area contributed by atoms with Gasteiger partial charge in [0.2, 0.25) is 10.0 Å². The van der Waals surface area contributed by atoms with Gasteiger partial charge in [-0.1, -0.05) is 12.8 Å². The zero-order chi connectivity index (χ0) is 15.3. The van der Waals surface area contributed by atoms with Crippen molar-refractivity contribution in [1.82, 2.24) is 9.62 Å². The molecule has 0 spiro atoms. The van der Waals surface area contributed by atoms with Gasteiger partial charge in [-0.05, 0) is 27.3 Å². The molecule has 0 unspecified atom stereocenters. The molecule has 1 rings (SSSR count). The first-order valence-corrected chi connectivity index (χ1v) is 8.01. The molecule has 0 fully saturated rings. The van der Waals surface area contributed by atoms with Crippen LogP contribution in [-0.4, -0.2) is 32.9 Å². The van der Waals surface area contributed by atoms with Gasteiger partial charge in [-0.15, -0.1) is 6.42 Å². The van der Waals surface area contributed by atoms with Crippen LogP contribution in [0.4, 0.5) is 0 Å². The lowest BCUT2D eigenvalue weighted by Crippen LogP contribution is -2.33. The number of hydrogen-bond acceptors (Lipinski definition) is 4. The van der Waals surface area contributed by atoms with Gasteiger partial charge in [0, 0.05) is 18.7 Å². The third-order valence-corrected chi connectivity index (χ3v) is 5.06. The second-order valence-electron chi connectivity index (χ2n) is 4.60. The molecule has 0 aliphatic heterocycles. The Balaban J connectivity index is 3.37. The number of terminal acetylenes is 1.